The molecule has 1 atom stereocenters. The molecule has 1 saturated heterocycles. The normalized spacial score (nSPS) is 17.6. The lowest BCUT2D eigenvalue weighted by Crippen LogP contribution is -2.39. The highest BCUT2D eigenvalue weighted by Gasteiger charge is 2.24. The molecule has 2 aromatic carbocycles. The Morgan fingerprint density at radius 3 is 2.56 bits per heavy atom. The largest absolute Gasteiger partial charge is 0.338 e. The standard InChI is InChI=1S/C20H23ClN2O3S/c1-14-5-8-17(9-6-14)27(25,26)22-16-7-10-19(21)18(12-16)20(24)23-11-3-4-15(2)13-23/h5-10,12,15,22H,3-4,11,13H2,1-2H3/t15-/m0/s1. The van der Waals surface area contributed by atoms with E-state index >= 15 is 0 Å². The zero-order valence-corrected chi connectivity index (χ0v) is 17.0. The third-order valence-electron chi connectivity index (χ3n) is 4.72. The molecule has 0 unspecified atom stereocenters. The molecule has 7 heteroatoms. The van der Waals surface area contributed by atoms with Gasteiger partial charge in [-0.05, 0) is 56.0 Å². The van der Waals surface area contributed by atoms with Crippen molar-refractivity contribution < 1.29 is 13.2 Å². The van der Waals surface area contributed by atoms with Gasteiger partial charge in [-0.25, -0.2) is 8.42 Å². The second-order valence-corrected chi connectivity index (χ2v) is 9.20. The Morgan fingerprint density at radius 2 is 1.89 bits per heavy atom. The predicted octanol–water partition coefficient (Wildman–Crippen LogP) is 4.32. The van der Waals surface area contributed by atoms with Gasteiger partial charge in [0.1, 0.15) is 0 Å². The maximum absolute atomic E-state index is 12.9. The van der Waals surface area contributed by atoms with Crippen LogP contribution < -0.4 is 4.72 Å². The fraction of sp³-hybridized carbons (Fsp3) is 0.350. The number of nitrogens with one attached hydrogen (secondary N) is 1. The van der Waals surface area contributed by atoms with Crippen molar-refractivity contribution in [1.82, 2.24) is 4.90 Å². The van der Waals surface area contributed by atoms with Crippen LogP contribution in [0.25, 0.3) is 0 Å². The van der Waals surface area contributed by atoms with E-state index in [1.54, 1.807) is 41.3 Å². The first-order valence-corrected chi connectivity index (χ1v) is 10.8. The molecule has 0 aliphatic carbocycles. The van der Waals surface area contributed by atoms with Crippen molar-refractivity contribution in [1.29, 1.82) is 0 Å². The molecule has 0 aromatic heterocycles. The van der Waals surface area contributed by atoms with Crippen molar-refractivity contribution in [2.24, 2.45) is 5.92 Å². The Kier molecular flexibility index (Phi) is 5.77. The van der Waals surface area contributed by atoms with Crippen molar-refractivity contribution >= 4 is 33.2 Å². The number of nitrogens with zero attached hydrogens (tertiary/aromatic N) is 1. The first kappa shape index (κ1) is 19.7. The molecule has 3 rings (SSSR count). The van der Waals surface area contributed by atoms with E-state index in [1.807, 2.05) is 6.92 Å². The van der Waals surface area contributed by atoms with Gasteiger partial charge in [-0.1, -0.05) is 36.2 Å². The zero-order chi connectivity index (χ0) is 19.6. The van der Waals surface area contributed by atoms with Crippen molar-refractivity contribution in [3.8, 4) is 0 Å². The lowest BCUT2D eigenvalue weighted by Gasteiger charge is -2.31. The van der Waals surface area contributed by atoms with Gasteiger partial charge in [0, 0.05) is 18.8 Å². The van der Waals surface area contributed by atoms with Gasteiger partial charge in [0.15, 0.2) is 0 Å². The van der Waals surface area contributed by atoms with Gasteiger partial charge in [-0.15, -0.1) is 0 Å². The van der Waals surface area contributed by atoms with E-state index in [1.165, 1.54) is 6.07 Å². The average Bonchev–Trinajstić information content (AvgIpc) is 2.63. The summed E-state index contributed by atoms with van der Waals surface area (Å²) in [5.74, 6) is 0.285. The maximum atomic E-state index is 12.9. The molecule has 5 nitrogen and oxygen atoms in total. The molecule has 1 N–H and O–H groups in total. The maximum Gasteiger partial charge on any atom is 0.261 e. The fourth-order valence-corrected chi connectivity index (χ4v) is 4.48. The molecule has 1 fully saturated rings. The molecular formula is C20H23ClN2O3S. The van der Waals surface area contributed by atoms with Gasteiger partial charge in [0.05, 0.1) is 15.5 Å². The number of amides is 1. The van der Waals surface area contributed by atoms with Crippen LogP contribution in [0.2, 0.25) is 5.02 Å². The number of piperidine rings is 1. The van der Waals surface area contributed by atoms with Crippen LogP contribution in [0.4, 0.5) is 5.69 Å². The quantitative estimate of drug-likeness (QED) is 0.822. The van der Waals surface area contributed by atoms with Gasteiger partial charge in [-0.2, -0.15) is 0 Å². The van der Waals surface area contributed by atoms with E-state index < -0.39 is 10.0 Å². The molecule has 2 aromatic rings. The highest BCUT2D eigenvalue weighted by Crippen LogP contribution is 2.26. The van der Waals surface area contributed by atoms with E-state index in [4.69, 9.17) is 11.6 Å². The predicted molar refractivity (Wildman–Crippen MR) is 108 cm³/mol. The Morgan fingerprint density at radius 1 is 1.19 bits per heavy atom. The third kappa shape index (κ3) is 4.62. The number of halogens is 1. The summed E-state index contributed by atoms with van der Waals surface area (Å²) in [5, 5.41) is 0.316. The summed E-state index contributed by atoms with van der Waals surface area (Å²) in [6, 6.07) is 11.2. The molecule has 1 amide bonds. The smallest absolute Gasteiger partial charge is 0.261 e. The van der Waals surface area contributed by atoms with Crippen LogP contribution in [0.5, 0.6) is 0 Å². The molecule has 0 bridgehead atoms. The molecule has 0 spiro atoms. The number of anilines is 1. The number of hydrogen-bond acceptors (Lipinski definition) is 3. The number of rotatable bonds is 4. The van der Waals surface area contributed by atoms with Crippen LogP contribution in [0, 0.1) is 12.8 Å². The second-order valence-electron chi connectivity index (χ2n) is 7.11. The number of benzene rings is 2. The number of sulfonamides is 1. The SMILES string of the molecule is Cc1ccc(S(=O)(=O)Nc2ccc(Cl)c(C(=O)N3CCC[C@H](C)C3)c2)cc1. The monoisotopic (exact) mass is 406 g/mol. The third-order valence-corrected chi connectivity index (χ3v) is 6.45. The number of carbonyl (C=O) groups excluding carboxylic acids is 1. The number of hydrogen-bond donors (Lipinski definition) is 1. The van der Waals surface area contributed by atoms with Crippen molar-refractivity contribution in [2.45, 2.75) is 31.6 Å². The molecule has 0 radical (unpaired) electrons. The molecule has 1 aliphatic rings. The fourth-order valence-electron chi connectivity index (χ4n) is 3.23. The van der Waals surface area contributed by atoms with E-state index in [9.17, 15) is 13.2 Å². The van der Waals surface area contributed by atoms with Crippen molar-refractivity contribution in [3.05, 3.63) is 58.6 Å². The summed E-state index contributed by atoms with van der Waals surface area (Å²) >= 11 is 6.23. The molecule has 0 saturated carbocycles. The average molecular weight is 407 g/mol. The van der Waals surface area contributed by atoms with E-state index in [-0.39, 0.29) is 10.8 Å². The van der Waals surface area contributed by atoms with Crippen molar-refractivity contribution in [3.63, 3.8) is 0 Å². The first-order chi connectivity index (χ1) is 12.8. The van der Waals surface area contributed by atoms with Crippen LogP contribution in [0.1, 0.15) is 35.7 Å². The molecular weight excluding hydrogens is 384 g/mol. The molecule has 27 heavy (non-hydrogen) atoms. The minimum absolute atomic E-state index is 0.164. The van der Waals surface area contributed by atoms with E-state index in [2.05, 4.69) is 11.6 Å². The number of likely N-dealkylation sites (tertiary alicyclic amines) is 1. The lowest BCUT2D eigenvalue weighted by atomic mass is 9.99. The Labute approximate surface area is 165 Å². The van der Waals surface area contributed by atoms with Gasteiger partial charge >= 0.3 is 0 Å². The zero-order valence-electron chi connectivity index (χ0n) is 15.4. The number of aryl methyl sites for hydroxylation is 1. The second kappa shape index (κ2) is 7.90. The minimum Gasteiger partial charge on any atom is -0.338 e. The first-order valence-electron chi connectivity index (χ1n) is 8.94. The molecule has 1 aliphatic heterocycles. The van der Waals surface area contributed by atoms with Gasteiger partial charge in [-0.3, -0.25) is 9.52 Å². The van der Waals surface area contributed by atoms with Crippen LogP contribution in [-0.4, -0.2) is 32.3 Å². The lowest BCUT2D eigenvalue weighted by molar-refractivity contribution is 0.0683. The van der Waals surface area contributed by atoms with Crippen LogP contribution >= 0.6 is 11.6 Å². The summed E-state index contributed by atoms with van der Waals surface area (Å²) < 4.78 is 27.7. The van der Waals surface area contributed by atoms with E-state index in [0.717, 1.165) is 18.4 Å². The summed E-state index contributed by atoms with van der Waals surface area (Å²) in [4.78, 5) is 14.8. The summed E-state index contributed by atoms with van der Waals surface area (Å²) in [6.45, 7) is 5.39. The topological polar surface area (TPSA) is 66.5 Å². The minimum atomic E-state index is -3.74. The highest BCUT2D eigenvalue weighted by atomic mass is 35.5. The van der Waals surface area contributed by atoms with Crippen LogP contribution in [0.3, 0.4) is 0 Å². The molecule has 144 valence electrons. The van der Waals surface area contributed by atoms with E-state index in [0.29, 0.717) is 35.3 Å². The molecule has 1 heterocycles. The van der Waals surface area contributed by atoms with Crippen LogP contribution in [0.15, 0.2) is 47.4 Å². The Balaban J connectivity index is 1.84. The summed E-state index contributed by atoms with van der Waals surface area (Å²) in [5.41, 5.74) is 1.60. The summed E-state index contributed by atoms with van der Waals surface area (Å²) in [7, 11) is -3.74. The number of carbonyl (C=O) groups is 1. The highest BCUT2D eigenvalue weighted by molar-refractivity contribution is 7.92. The van der Waals surface area contributed by atoms with Crippen molar-refractivity contribution in [2.75, 3.05) is 17.8 Å². The Bertz CT molecular complexity index is 942. The van der Waals surface area contributed by atoms with Gasteiger partial charge < -0.3 is 4.90 Å². The van der Waals surface area contributed by atoms with Gasteiger partial charge in [0.25, 0.3) is 15.9 Å². The summed E-state index contributed by atoms with van der Waals surface area (Å²) in [6.07, 6.45) is 2.07. The van der Waals surface area contributed by atoms with Crippen LogP contribution in [-0.2, 0) is 10.0 Å². The Hall–Kier alpha value is -2.05. The van der Waals surface area contributed by atoms with Gasteiger partial charge in [0.2, 0.25) is 0 Å².